The minimum absolute atomic E-state index is 0.0482. The monoisotopic (exact) mass is 1130 g/mol. The predicted molar refractivity (Wildman–Crippen MR) is 324 cm³/mol. The van der Waals surface area contributed by atoms with Gasteiger partial charge in [0.25, 0.3) is 0 Å². The van der Waals surface area contributed by atoms with Gasteiger partial charge in [0.2, 0.25) is 5.41 Å². The van der Waals surface area contributed by atoms with Crippen molar-refractivity contribution >= 4 is 36.0 Å². The van der Waals surface area contributed by atoms with Crippen molar-refractivity contribution in [3.8, 4) is 34.5 Å². The molecule has 0 aliphatic carbocycles. The van der Waals surface area contributed by atoms with E-state index in [0.717, 1.165) is 99.7 Å². The maximum Gasteiger partial charge on any atom is 0.336 e. The zero-order valence-corrected chi connectivity index (χ0v) is 48.2. The van der Waals surface area contributed by atoms with Gasteiger partial charge in [-0.2, -0.15) is 0 Å². The first-order chi connectivity index (χ1) is 40.6. The highest BCUT2D eigenvalue weighted by Gasteiger charge is 2.59. The molecule has 0 bridgehead atoms. The molecule has 0 spiro atoms. The Balaban J connectivity index is 0.910. The summed E-state index contributed by atoms with van der Waals surface area (Å²) in [4.78, 5) is 54.1. The average molecular weight is 1130 g/mol. The van der Waals surface area contributed by atoms with Gasteiger partial charge < -0.3 is 49.4 Å². The highest BCUT2D eigenvalue weighted by atomic mass is 16.6. The highest BCUT2D eigenvalue weighted by molar-refractivity contribution is 6.02. The zero-order valence-electron chi connectivity index (χ0n) is 48.2. The lowest BCUT2D eigenvalue weighted by atomic mass is 9.69. The second kappa shape index (κ2) is 36.3. The molecular formula is C69H82N2O12. The van der Waals surface area contributed by atoms with E-state index in [2.05, 4.69) is 13.8 Å². The summed E-state index contributed by atoms with van der Waals surface area (Å²) in [5, 5.41) is 0. The minimum atomic E-state index is -2.11. The summed E-state index contributed by atoms with van der Waals surface area (Å²) in [6, 6.07) is 44.3. The smallest absolute Gasteiger partial charge is 0.336 e. The van der Waals surface area contributed by atoms with E-state index in [4.69, 9.17) is 49.4 Å². The first-order valence-corrected chi connectivity index (χ1v) is 29.3. The van der Waals surface area contributed by atoms with Gasteiger partial charge in [0.1, 0.15) is 34.5 Å². The van der Waals surface area contributed by atoms with Crippen molar-refractivity contribution in [2.75, 3.05) is 39.6 Å². The van der Waals surface area contributed by atoms with Crippen molar-refractivity contribution in [3.05, 3.63) is 192 Å². The van der Waals surface area contributed by atoms with Crippen LogP contribution in [0.3, 0.4) is 0 Å². The molecule has 0 aliphatic heterocycles. The van der Waals surface area contributed by atoms with E-state index in [1.807, 2.05) is 60.7 Å². The molecule has 14 heteroatoms. The van der Waals surface area contributed by atoms with Crippen molar-refractivity contribution in [1.82, 2.24) is 0 Å². The molecule has 0 radical (unpaired) electrons. The Morgan fingerprint density at radius 3 is 0.988 bits per heavy atom. The summed E-state index contributed by atoms with van der Waals surface area (Å²) in [6.07, 6.45) is 18.3. The first kappa shape index (κ1) is 64.0. The molecule has 6 aromatic carbocycles. The van der Waals surface area contributed by atoms with Crippen LogP contribution in [0, 0.1) is 5.41 Å². The fourth-order valence-electron chi connectivity index (χ4n) is 8.97. The third-order valence-electron chi connectivity index (χ3n) is 13.8. The normalized spacial score (nSPS) is 12.1. The van der Waals surface area contributed by atoms with Crippen molar-refractivity contribution in [1.29, 1.82) is 0 Å². The Hall–Kier alpha value is -8.20. The van der Waals surface area contributed by atoms with Crippen molar-refractivity contribution in [2.24, 2.45) is 16.9 Å². The van der Waals surface area contributed by atoms with Crippen LogP contribution in [0.25, 0.3) is 12.2 Å². The molecule has 0 saturated carbocycles. The van der Waals surface area contributed by atoms with Gasteiger partial charge in [0, 0.05) is 12.2 Å². The van der Waals surface area contributed by atoms with E-state index < -0.39 is 41.4 Å². The van der Waals surface area contributed by atoms with Crippen LogP contribution >= 0.6 is 0 Å². The van der Waals surface area contributed by atoms with E-state index in [1.54, 1.807) is 109 Å². The molecule has 14 nitrogen and oxygen atoms in total. The van der Waals surface area contributed by atoms with Crippen LogP contribution in [0.1, 0.15) is 138 Å². The van der Waals surface area contributed by atoms with Crippen molar-refractivity contribution < 1.29 is 57.1 Å². The van der Waals surface area contributed by atoms with Crippen LogP contribution in [0.15, 0.2) is 170 Å². The molecule has 0 saturated heterocycles. The maximum absolute atomic E-state index is 14.6. The van der Waals surface area contributed by atoms with Crippen LogP contribution in [-0.2, 0) is 28.7 Å². The van der Waals surface area contributed by atoms with Gasteiger partial charge in [-0.15, -0.1) is 0 Å². The largest absolute Gasteiger partial charge is 0.494 e. The Kier molecular flexibility index (Phi) is 28.0. The number of hydrogen-bond donors (Lipinski definition) is 2. The molecule has 6 aromatic rings. The lowest BCUT2D eigenvalue weighted by Gasteiger charge is -2.39. The van der Waals surface area contributed by atoms with Crippen LogP contribution < -0.4 is 39.9 Å². The van der Waals surface area contributed by atoms with Gasteiger partial charge in [-0.25, -0.2) is 9.59 Å². The molecule has 6 rings (SSSR count). The highest BCUT2D eigenvalue weighted by Crippen LogP contribution is 2.45. The first-order valence-electron chi connectivity index (χ1n) is 29.3. The summed E-state index contributed by atoms with van der Waals surface area (Å²) in [5.41, 5.74) is 14.6. The Morgan fingerprint density at radius 1 is 0.373 bits per heavy atom. The van der Waals surface area contributed by atoms with Crippen molar-refractivity contribution in [2.45, 2.75) is 116 Å². The quantitative estimate of drug-likeness (QED) is 0.0122. The summed E-state index contributed by atoms with van der Waals surface area (Å²) in [6.45, 7) is 6.67. The maximum atomic E-state index is 14.6. The van der Waals surface area contributed by atoms with Crippen LogP contribution in [0.2, 0.25) is 0 Å². The topological polar surface area (TPSA) is 194 Å². The number of ether oxygens (including phenoxy) is 8. The second-order valence-corrected chi connectivity index (χ2v) is 20.1. The van der Waals surface area contributed by atoms with Crippen molar-refractivity contribution in [3.63, 3.8) is 0 Å². The number of nitrogens with two attached hydrogens (primary N) is 2. The number of esters is 4. The number of benzene rings is 6. The van der Waals surface area contributed by atoms with Gasteiger partial charge in [0.05, 0.1) is 51.7 Å². The van der Waals surface area contributed by atoms with Gasteiger partial charge in [-0.05, 0) is 171 Å². The molecule has 0 aliphatic rings. The Morgan fingerprint density at radius 2 is 0.663 bits per heavy atom. The molecule has 440 valence electrons. The molecule has 2 unspecified atom stereocenters. The minimum Gasteiger partial charge on any atom is -0.494 e. The molecular weight excluding hydrogens is 1050 g/mol. The van der Waals surface area contributed by atoms with E-state index in [9.17, 15) is 19.2 Å². The zero-order chi connectivity index (χ0) is 58.7. The van der Waals surface area contributed by atoms with Crippen LogP contribution in [0.4, 0.5) is 0 Å². The van der Waals surface area contributed by atoms with Gasteiger partial charge in [-0.1, -0.05) is 124 Å². The summed E-state index contributed by atoms with van der Waals surface area (Å²) in [5.74, 6) is 1.10. The average Bonchev–Trinajstić information content (AvgIpc) is 3.67. The van der Waals surface area contributed by atoms with Crippen LogP contribution in [0.5, 0.6) is 34.5 Å². The van der Waals surface area contributed by atoms with Gasteiger partial charge in [0.15, 0.2) is 0 Å². The molecule has 4 N–H and O–H groups in total. The summed E-state index contributed by atoms with van der Waals surface area (Å²) >= 11 is 0. The van der Waals surface area contributed by atoms with E-state index >= 15 is 0 Å². The van der Waals surface area contributed by atoms with Gasteiger partial charge >= 0.3 is 23.9 Å². The van der Waals surface area contributed by atoms with Crippen LogP contribution in [-0.4, -0.2) is 63.5 Å². The SMILES string of the molecule is CCCCCOc1ccc(OC(=O)/C=C/c2ccc(OCCCCCCOC(=O)C(C(=O)OCCCCCCOc3ccc(/C=C/C(=O)Oc4ccc(OCCCCC)cc4)cc3)(C(N)c3ccccc3)C(N)c3ccccc3)cc2)cc1. The fourth-order valence-corrected chi connectivity index (χ4v) is 8.97. The van der Waals surface area contributed by atoms with E-state index in [0.29, 0.717) is 73.4 Å². The molecule has 0 aromatic heterocycles. The number of carbonyl (C=O) groups is 4. The molecule has 0 heterocycles. The lowest BCUT2D eigenvalue weighted by molar-refractivity contribution is -0.177. The van der Waals surface area contributed by atoms with Gasteiger partial charge in [-0.3, -0.25) is 9.59 Å². The number of unbranched alkanes of at least 4 members (excludes halogenated alkanes) is 10. The molecule has 0 amide bonds. The second-order valence-electron chi connectivity index (χ2n) is 20.1. The standard InChI is InChI=1S/C69H82N2O12/c1-3-5-17-47-76-59-37-41-61(42-38-59)82-63(72)45-31-53-27-33-57(34-28-53)78-49-19-7-9-21-51-80-67(74)69(65(70)55-23-13-11-14-24-55,66(71)56-25-15-12-16-26-56)68(75)81-52-22-10-8-20-50-79-58-35-29-54(30-36-58)32-46-64(73)83-62-43-39-60(40-44-62)77-48-18-6-4-2/h11-16,23-46,65-66H,3-10,17-22,47-52,70-71H2,1-2H3/b45-31+,46-32+. The summed E-state index contributed by atoms with van der Waals surface area (Å²) < 4.78 is 46.2. The number of hydrogen-bond acceptors (Lipinski definition) is 14. The molecule has 2 atom stereocenters. The Labute approximate surface area is 490 Å². The number of rotatable bonds is 38. The van der Waals surface area contributed by atoms with E-state index in [-0.39, 0.29) is 13.2 Å². The lowest BCUT2D eigenvalue weighted by Crippen LogP contribution is -2.56. The molecule has 0 fully saturated rings. The predicted octanol–water partition coefficient (Wildman–Crippen LogP) is 14.1. The Bertz CT molecular complexity index is 2680. The van der Waals surface area contributed by atoms with E-state index in [1.165, 1.54) is 12.2 Å². The summed E-state index contributed by atoms with van der Waals surface area (Å²) in [7, 11) is 0. The third kappa shape index (κ3) is 21.9. The third-order valence-corrected chi connectivity index (χ3v) is 13.8. The number of carbonyl (C=O) groups excluding carboxylic acids is 4. The fraction of sp³-hybridized carbons (Fsp3) is 0.362. The molecule has 83 heavy (non-hydrogen) atoms.